The van der Waals surface area contributed by atoms with E-state index in [1.165, 1.54) is 4.31 Å². The van der Waals surface area contributed by atoms with Gasteiger partial charge in [0.25, 0.3) is 10.2 Å². The number of aliphatic hydroxyl groups excluding tert-OH is 1. The Labute approximate surface area is 108 Å². The molecule has 0 aromatic carbocycles. The average molecular weight is 278 g/mol. The maximum atomic E-state index is 12.2. The first-order valence-corrected chi connectivity index (χ1v) is 7.87. The zero-order chi connectivity index (χ0) is 13.2. The van der Waals surface area contributed by atoms with Crippen molar-refractivity contribution in [1.82, 2.24) is 9.03 Å². The van der Waals surface area contributed by atoms with Gasteiger partial charge in [-0.05, 0) is 32.1 Å². The van der Waals surface area contributed by atoms with Gasteiger partial charge in [-0.15, -0.1) is 0 Å². The van der Waals surface area contributed by atoms with Gasteiger partial charge in [-0.3, -0.25) is 0 Å². The smallest absolute Gasteiger partial charge is 0.280 e. The summed E-state index contributed by atoms with van der Waals surface area (Å²) in [5.41, 5.74) is -0.480. The van der Waals surface area contributed by atoms with Gasteiger partial charge in [-0.2, -0.15) is 17.4 Å². The molecule has 0 spiro atoms. The van der Waals surface area contributed by atoms with Crippen LogP contribution in [-0.4, -0.2) is 56.3 Å². The molecule has 0 aromatic heterocycles. The van der Waals surface area contributed by atoms with Crippen LogP contribution in [-0.2, 0) is 14.9 Å². The van der Waals surface area contributed by atoms with Crippen LogP contribution >= 0.6 is 0 Å². The molecule has 0 radical (unpaired) electrons. The van der Waals surface area contributed by atoms with E-state index in [4.69, 9.17) is 9.84 Å². The number of aliphatic hydroxyl groups is 1. The molecule has 2 fully saturated rings. The van der Waals surface area contributed by atoms with Gasteiger partial charge in [0.2, 0.25) is 0 Å². The normalized spacial score (nSPS) is 31.9. The van der Waals surface area contributed by atoms with Gasteiger partial charge in [0.1, 0.15) is 0 Å². The van der Waals surface area contributed by atoms with Crippen molar-refractivity contribution in [3.05, 3.63) is 0 Å². The first-order chi connectivity index (χ1) is 8.45. The van der Waals surface area contributed by atoms with Crippen molar-refractivity contribution in [1.29, 1.82) is 0 Å². The van der Waals surface area contributed by atoms with E-state index < -0.39 is 15.7 Å². The lowest BCUT2D eigenvalue weighted by Gasteiger charge is -2.33. The molecule has 1 unspecified atom stereocenters. The molecule has 106 valence electrons. The van der Waals surface area contributed by atoms with E-state index in [0.29, 0.717) is 32.7 Å². The van der Waals surface area contributed by atoms with Crippen LogP contribution in [0.15, 0.2) is 0 Å². The number of piperidine rings is 1. The molecule has 2 N–H and O–H groups in total. The van der Waals surface area contributed by atoms with Gasteiger partial charge < -0.3 is 9.84 Å². The number of nitrogens with zero attached hydrogens (tertiary/aromatic N) is 1. The van der Waals surface area contributed by atoms with Crippen LogP contribution in [0.3, 0.4) is 0 Å². The summed E-state index contributed by atoms with van der Waals surface area (Å²) in [6.45, 7) is 4.02. The molecular weight excluding hydrogens is 256 g/mol. The number of ether oxygens (including phenoxy) is 1. The molecule has 6 nitrogen and oxygen atoms in total. The Balaban J connectivity index is 1.95. The van der Waals surface area contributed by atoms with Crippen LogP contribution in [0.4, 0.5) is 0 Å². The highest BCUT2D eigenvalue weighted by Gasteiger charge is 2.37. The second-order valence-electron chi connectivity index (χ2n) is 5.50. The molecule has 0 amide bonds. The van der Waals surface area contributed by atoms with E-state index in [1.54, 1.807) is 0 Å². The van der Waals surface area contributed by atoms with E-state index in [9.17, 15) is 8.42 Å². The molecule has 0 aromatic rings. The van der Waals surface area contributed by atoms with Gasteiger partial charge in [-0.1, -0.05) is 0 Å². The van der Waals surface area contributed by atoms with Crippen LogP contribution < -0.4 is 4.72 Å². The molecule has 2 aliphatic heterocycles. The van der Waals surface area contributed by atoms with Crippen LogP contribution in [0.5, 0.6) is 0 Å². The molecule has 0 aliphatic carbocycles. The zero-order valence-electron chi connectivity index (χ0n) is 10.8. The van der Waals surface area contributed by atoms with E-state index >= 15 is 0 Å². The zero-order valence-corrected chi connectivity index (χ0v) is 11.6. The maximum Gasteiger partial charge on any atom is 0.280 e. The average Bonchev–Trinajstić information content (AvgIpc) is 2.75. The fourth-order valence-electron chi connectivity index (χ4n) is 2.46. The molecule has 7 heteroatoms. The van der Waals surface area contributed by atoms with Crippen molar-refractivity contribution in [3.8, 4) is 0 Å². The van der Waals surface area contributed by atoms with Crippen molar-refractivity contribution in [3.63, 3.8) is 0 Å². The molecule has 1 atom stereocenters. The Hall–Kier alpha value is -0.210. The Morgan fingerprint density at radius 1 is 1.44 bits per heavy atom. The third-order valence-electron chi connectivity index (χ3n) is 3.77. The maximum absolute atomic E-state index is 12.2. The standard InChI is InChI=1S/C11H22N2O4S/c1-11(4-7-17-9-11)12-18(15,16)13-5-2-10(8-14)3-6-13/h10,12,14H,2-9H2,1H3. The summed E-state index contributed by atoms with van der Waals surface area (Å²) in [6, 6.07) is 0. The van der Waals surface area contributed by atoms with Crippen LogP contribution in [0.2, 0.25) is 0 Å². The third kappa shape index (κ3) is 3.21. The number of nitrogens with one attached hydrogen (secondary N) is 1. The van der Waals surface area contributed by atoms with E-state index in [-0.39, 0.29) is 12.5 Å². The van der Waals surface area contributed by atoms with Crippen molar-refractivity contribution in [2.75, 3.05) is 32.9 Å². The first kappa shape index (κ1) is 14.2. The number of hydrogen-bond donors (Lipinski definition) is 2. The van der Waals surface area contributed by atoms with Gasteiger partial charge in [0, 0.05) is 26.3 Å². The minimum Gasteiger partial charge on any atom is -0.396 e. The number of hydrogen-bond acceptors (Lipinski definition) is 4. The highest BCUT2D eigenvalue weighted by molar-refractivity contribution is 7.87. The molecule has 2 saturated heterocycles. The summed E-state index contributed by atoms with van der Waals surface area (Å²) in [6.07, 6.45) is 2.16. The van der Waals surface area contributed by atoms with Crippen LogP contribution in [0.1, 0.15) is 26.2 Å². The fourth-order valence-corrected chi connectivity index (χ4v) is 4.06. The topological polar surface area (TPSA) is 78.9 Å². The Morgan fingerprint density at radius 3 is 2.61 bits per heavy atom. The van der Waals surface area contributed by atoms with Gasteiger partial charge >= 0.3 is 0 Å². The third-order valence-corrected chi connectivity index (χ3v) is 5.56. The predicted octanol–water partition coefficient (Wildman–Crippen LogP) is -0.296. The van der Waals surface area contributed by atoms with Gasteiger partial charge in [0.15, 0.2) is 0 Å². The largest absolute Gasteiger partial charge is 0.396 e. The first-order valence-electron chi connectivity index (χ1n) is 6.43. The lowest BCUT2D eigenvalue weighted by molar-refractivity contribution is 0.165. The summed E-state index contributed by atoms with van der Waals surface area (Å²) in [5.74, 6) is 0.238. The Bertz CT molecular complexity index is 371. The van der Waals surface area contributed by atoms with Gasteiger partial charge in [0.05, 0.1) is 12.1 Å². The number of rotatable bonds is 4. The Kier molecular flexibility index (Phi) is 4.28. The molecule has 0 bridgehead atoms. The van der Waals surface area contributed by atoms with Crippen molar-refractivity contribution >= 4 is 10.2 Å². The lowest BCUT2D eigenvalue weighted by atomic mass is 10.00. The second-order valence-corrected chi connectivity index (χ2v) is 7.17. The summed E-state index contributed by atoms with van der Waals surface area (Å²) in [4.78, 5) is 0. The van der Waals surface area contributed by atoms with Crippen LogP contribution in [0, 0.1) is 5.92 Å². The molecule has 18 heavy (non-hydrogen) atoms. The van der Waals surface area contributed by atoms with E-state index in [2.05, 4.69) is 4.72 Å². The highest BCUT2D eigenvalue weighted by Crippen LogP contribution is 2.22. The second kappa shape index (κ2) is 5.42. The summed E-state index contributed by atoms with van der Waals surface area (Å²) >= 11 is 0. The minimum atomic E-state index is -3.44. The molecule has 0 saturated carbocycles. The highest BCUT2D eigenvalue weighted by atomic mass is 32.2. The molecular formula is C11H22N2O4S. The monoisotopic (exact) mass is 278 g/mol. The van der Waals surface area contributed by atoms with Crippen molar-refractivity contribution in [2.24, 2.45) is 5.92 Å². The summed E-state index contributed by atoms with van der Waals surface area (Å²) in [7, 11) is -3.44. The van der Waals surface area contributed by atoms with E-state index in [0.717, 1.165) is 12.8 Å². The SMILES string of the molecule is CC1(NS(=O)(=O)N2CCC(CO)CC2)CCOC1. The van der Waals surface area contributed by atoms with Crippen LogP contribution in [0.25, 0.3) is 0 Å². The Morgan fingerprint density at radius 2 is 2.11 bits per heavy atom. The predicted molar refractivity (Wildman–Crippen MR) is 67.3 cm³/mol. The summed E-state index contributed by atoms with van der Waals surface area (Å²) < 4.78 is 33.9. The van der Waals surface area contributed by atoms with Crippen molar-refractivity contribution < 1.29 is 18.3 Å². The molecule has 2 aliphatic rings. The van der Waals surface area contributed by atoms with E-state index in [1.807, 2.05) is 6.92 Å². The van der Waals surface area contributed by atoms with Crippen molar-refractivity contribution in [2.45, 2.75) is 31.7 Å². The fraction of sp³-hybridized carbons (Fsp3) is 1.00. The molecule has 2 rings (SSSR count). The minimum absolute atomic E-state index is 0.146. The van der Waals surface area contributed by atoms with Gasteiger partial charge in [-0.25, -0.2) is 0 Å². The molecule has 2 heterocycles. The lowest BCUT2D eigenvalue weighted by Crippen LogP contribution is -2.54. The summed E-state index contributed by atoms with van der Waals surface area (Å²) in [5, 5.41) is 9.05. The quantitative estimate of drug-likeness (QED) is 0.740.